The largest absolute Gasteiger partial charge is 0.448 e. The maximum atomic E-state index is 5.80. The van der Waals surface area contributed by atoms with E-state index < -0.39 is 0 Å². The van der Waals surface area contributed by atoms with E-state index in [0.717, 1.165) is 30.8 Å². The average molecular weight is 166 g/mol. The van der Waals surface area contributed by atoms with Crippen LogP contribution in [0.4, 0.5) is 0 Å². The zero-order valence-electron chi connectivity index (χ0n) is 7.29. The van der Waals surface area contributed by atoms with Gasteiger partial charge in [0.2, 0.25) is 0 Å². The van der Waals surface area contributed by atoms with E-state index in [-0.39, 0.29) is 0 Å². The van der Waals surface area contributed by atoms with E-state index in [2.05, 4.69) is 4.98 Å². The topological polar surface area (TPSA) is 52.0 Å². The van der Waals surface area contributed by atoms with Crippen LogP contribution in [0.5, 0.6) is 0 Å². The summed E-state index contributed by atoms with van der Waals surface area (Å²) in [7, 11) is 0. The fourth-order valence-corrected chi connectivity index (χ4v) is 1.80. The number of oxazole rings is 1. The second-order valence-electron chi connectivity index (χ2n) is 3.60. The number of nitrogens with zero attached hydrogens (tertiary/aromatic N) is 1. The second-order valence-corrected chi connectivity index (χ2v) is 3.60. The highest BCUT2D eigenvalue weighted by Gasteiger charge is 2.26. The molecule has 0 unspecified atom stereocenters. The third-order valence-electron chi connectivity index (χ3n) is 2.46. The van der Waals surface area contributed by atoms with Crippen LogP contribution in [-0.4, -0.2) is 11.0 Å². The van der Waals surface area contributed by atoms with Gasteiger partial charge in [0.25, 0.3) is 0 Å². The van der Waals surface area contributed by atoms with Crippen LogP contribution in [0.3, 0.4) is 0 Å². The van der Waals surface area contributed by atoms with Crippen molar-refractivity contribution in [2.24, 2.45) is 5.73 Å². The minimum absolute atomic E-state index is 0.349. The van der Waals surface area contributed by atoms with Gasteiger partial charge in [-0.15, -0.1) is 0 Å². The molecule has 0 saturated heterocycles. The Hall–Kier alpha value is -0.830. The van der Waals surface area contributed by atoms with Gasteiger partial charge in [0.15, 0.2) is 5.89 Å². The summed E-state index contributed by atoms with van der Waals surface area (Å²) in [6.07, 6.45) is 4.96. The number of aromatic nitrogens is 1. The molecule has 1 aliphatic carbocycles. The normalized spacial score (nSPS) is 29.5. The van der Waals surface area contributed by atoms with Crippen LogP contribution in [-0.2, 0) is 0 Å². The van der Waals surface area contributed by atoms with Gasteiger partial charge in [-0.25, -0.2) is 4.98 Å². The van der Waals surface area contributed by atoms with Gasteiger partial charge in [-0.1, -0.05) is 0 Å². The molecule has 1 saturated carbocycles. The molecule has 0 aliphatic heterocycles. The molecular weight excluding hydrogens is 152 g/mol. The minimum atomic E-state index is 0.349. The number of nitrogens with two attached hydrogens (primary N) is 1. The van der Waals surface area contributed by atoms with E-state index in [1.165, 1.54) is 0 Å². The number of aryl methyl sites for hydroxylation is 1. The highest BCUT2D eigenvalue weighted by atomic mass is 16.3. The molecule has 1 aromatic rings. The molecule has 1 fully saturated rings. The molecule has 3 nitrogen and oxygen atoms in total. The van der Waals surface area contributed by atoms with Crippen LogP contribution in [0.1, 0.15) is 36.8 Å². The molecule has 1 aliphatic rings. The molecule has 2 rings (SSSR count). The van der Waals surface area contributed by atoms with Crippen molar-refractivity contribution >= 4 is 0 Å². The first kappa shape index (κ1) is 7.80. The van der Waals surface area contributed by atoms with Gasteiger partial charge < -0.3 is 10.2 Å². The van der Waals surface area contributed by atoms with Gasteiger partial charge in [-0.05, 0) is 26.2 Å². The summed E-state index contributed by atoms with van der Waals surface area (Å²) >= 11 is 0. The van der Waals surface area contributed by atoms with Crippen LogP contribution < -0.4 is 5.73 Å². The monoisotopic (exact) mass is 166 g/mol. The Labute approximate surface area is 72.0 Å². The molecule has 0 aromatic carbocycles. The Morgan fingerprint density at radius 1 is 1.58 bits per heavy atom. The van der Waals surface area contributed by atoms with E-state index in [9.17, 15) is 0 Å². The summed E-state index contributed by atoms with van der Waals surface area (Å²) in [5.74, 6) is 1.34. The molecule has 1 heterocycles. The van der Waals surface area contributed by atoms with Gasteiger partial charge in [-0.3, -0.25) is 0 Å². The van der Waals surface area contributed by atoms with Crippen molar-refractivity contribution in [2.75, 3.05) is 0 Å². The van der Waals surface area contributed by atoms with Crippen molar-refractivity contribution in [2.45, 2.75) is 38.1 Å². The maximum Gasteiger partial charge on any atom is 0.197 e. The Bertz CT molecular complexity index is 269. The number of rotatable bonds is 1. The van der Waals surface area contributed by atoms with E-state index in [1.807, 2.05) is 6.92 Å². The zero-order chi connectivity index (χ0) is 8.55. The summed E-state index contributed by atoms with van der Waals surface area (Å²) in [5, 5.41) is 0. The van der Waals surface area contributed by atoms with Crippen molar-refractivity contribution in [3.05, 3.63) is 17.8 Å². The lowest BCUT2D eigenvalue weighted by Crippen LogP contribution is -2.14. The molecule has 1 aromatic heterocycles. The van der Waals surface area contributed by atoms with Gasteiger partial charge >= 0.3 is 0 Å². The van der Waals surface area contributed by atoms with E-state index >= 15 is 0 Å². The Kier molecular flexibility index (Phi) is 1.89. The van der Waals surface area contributed by atoms with Gasteiger partial charge in [0.1, 0.15) is 6.26 Å². The number of hydrogen-bond donors (Lipinski definition) is 1. The molecule has 0 amide bonds. The lowest BCUT2D eigenvalue weighted by molar-refractivity contribution is 0.446. The smallest absolute Gasteiger partial charge is 0.197 e. The van der Waals surface area contributed by atoms with Crippen LogP contribution in [0.2, 0.25) is 0 Å². The van der Waals surface area contributed by atoms with Crippen molar-refractivity contribution in [1.82, 2.24) is 4.98 Å². The van der Waals surface area contributed by atoms with Gasteiger partial charge in [0.05, 0.1) is 5.69 Å². The van der Waals surface area contributed by atoms with Crippen molar-refractivity contribution < 1.29 is 4.42 Å². The highest BCUT2D eigenvalue weighted by molar-refractivity contribution is 5.02. The summed E-state index contributed by atoms with van der Waals surface area (Å²) in [5.41, 5.74) is 6.76. The molecule has 3 heteroatoms. The van der Waals surface area contributed by atoms with Crippen LogP contribution in [0.15, 0.2) is 10.7 Å². The first-order valence-corrected chi connectivity index (χ1v) is 4.43. The maximum absolute atomic E-state index is 5.80. The minimum Gasteiger partial charge on any atom is -0.448 e. The summed E-state index contributed by atoms with van der Waals surface area (Å²) in [4.78, 5) is 4.30. The predicted octanol–water partition coefficient (Wildman–Crippen LogP) is 1.58. The fraction of sp³-hybridized carbons (Fsp3) is 0.667. The zero-order valence-corrected chi connectivity index (χ0v) is 7.29. The molecule has 2 N–H and O–H groups in total. The first-order valence-electron chi connectivity index (χ1n) is 4.43. The van der Waals surface area contributed by atoms with E-state index in [4.69, 9.17) is 10.2 Å². The summed E-state index contributed by atoms with van der Waals surface area (Å²) in [6.45, 7) is 1.95. The third-order valence-corrected chi connectivity index (χ3v) is 2.46. The lowest BCUT2D eigenvalue weighted by atomic mass is 10.1. The Balaban J connectivity index is 2.11. The van der Waals surface area contributed by atoms with Crippen LogP contribution in [0, 0.1) is 6.92 Å². The number of hydrogen-bond acceptors (Lipinski definition) is 3. The van der Waals surface area contributed by atoms with E-state index in [1.54, 1.807) is 6.26 Å². The first-order chi connectivity index (χ1) is 5.75. The van der Waals surface area contributed by atoms with Crippen molar-refractivity contribution in [3.63, 3.8) is 0 Å². The Morgan fingerprint density at radius 3 is 2.92 bits per heavy atom. The Morgan fingerprint density at radius 2 is 2.42 bits per heavy atom. The standard InChI is InChI=1S/C9H14N2O/c1-6-5-12-9(11-6)7-2-3-8(10)4-7/h5,7-8H,2-4,10H2,1H3/t7-,8+/m1/s1. The van der Waals surface area contributed by atoms with Gasteiger partial charge in [-0.2, -0.15) is 0 Å². The SMILES string of the molecule is Cc1coc([C@@H]2CC[C@H](N)C2)n1. The van der Waals surface area contributed by atoms with Crippen LogP contribution >= 0.6 is 0 Å². The summed E-state index contributed by atoms with van der Waals surface area (Å²) < 4.78 is 5.33. The molecule has 0 bridgehead atoms. The average Bonchev–Trinajstić information content (AvgIpc) is 2.58. The molecular formula is C9H14N2O. The third kappa shape index (κ3) is 1.37. The molecule has 2 atom stereocenters. The lowest BCUT2D eigenvalue weighted by Gasteiger charge is -2.02. The summed E-state index contributed by atoms with van der Waals surface area (Å²) in [6, 6.07) is 0.349. The molecule has 0 spiro atoms. The van der Waals surface area contributed by atoms with Crippen molar-refractivity contribution in [3.8, 4) is 0 Å². The predicted molar refractivity (Wildman–Crippen MR) is 45.8 cm³/mol. The highest BCUT2D eigenvalue weighted by Crippen LogP contribution is 2.32. The fourth-order valence-electron chi connectivity index (χ4n) is 1.80. The van der Waals surface area contributed by atoms with Crippen molar-refractivity contribution in [1.29, 1.82) is 0 Å². The molecule has 66 valence electrons. The molecule has 0 radical (unpaired) electrons. The van der Waals surface area contributed by atoms with Gasteiger partial charge in [0, 0.05) is 12.0 Å². The quantitative estimate of drug-likeness (QED) is 0.689. The molecule has 12 heavy (non-hydrogen) atoms. The van der Waals surface area contributed by atoms with E-state index in [0.29, 0.717) is 12.0 Å². The second kappa shape index (κ2) is 2.90. The van der Waals surface area contributed by atoms with Crippen LogP contribution in [0.25, 0.3) is 0 Å².